The normalized spacial score (nSPS) is 26.0. The zero-order valence-electron chi connectivity index (χ0n) is 21.5. The number of benzene rings is 1. The first-order valence-corrected chi connectivity index (χ1v) is 13.2. The Bertz CT molecular complexity index is 1330. The van der Waals surface area contributed by atoms with E-state index in [9.17, 15) is 10.4 Å². The summed E-state index contributed by atoms with van der Waals surface area (Å²) >= 11 is 0. The van der Waals surface area contributed by atoms with E-state index in [2.05, 4.69) is 55.9 Å². The number of ether oxygens (including phenoxy) is 1. The minimum absolute atomic E-state index is 0.0191. The van der Waals surface area contributed by atoms with Crippen molar-refractivity contribution in [1.29, 1.82) is 5.26 Å². The number of pyridine rings is 2. The van der Waals surface area contributed by atoms with Crippen molar-refractivity contribution in [3.8, 4) is 6.07 Å². The molecule has 2 aromatic heterocycles. The van der Waals surface area contributed by atoms with Crippen LogP contribution in [0.2, 0.25) is 0 Å². The molecule has 0 bridgehead atoms. The van der Waals surface area contributed by atoms with E-state index in [4.69, 9.17) is 4.74 Å². The number of likely N-dealkylation sites (tertiary alicyclic amines) is 1. The van der Waals surface area contributed by atoms with Crippen molar-refractivity contribution in [2.45, 2.75) is 32.7 Å². The number of rotatable bonds is 5. The van der Waals surface area contributed by atoms with Gasteiger partial charge in [0.25, 0.3) is 0 Å². The molecule has 3 saturated heterocycles. The van der Waals surface area contributed by atoms with Crippen LogP contribution in [0.5, 0.6) is 0 Å². The lowest BCUT2D eigenvalue weighted by Gasteiger charge is -2.40. The Morgan fingerprint density at radius 3 is 2.62 bits per heavy atom. The highest BCUT2D eigenvalue weighted by Crippen LogP contribution is 2.35. The van der Waals surface area contributed by atoms with Gasteiger partial charge in [0.1, 0.15) is 6.07 Å². The number of hydrogen-bond donors (Lipinski definition) is 1. The van der Waals surface area contributed by atoms with Gasteiger partial charge in [-0.25, -0.2) is 0 Å². The van der Waals surface area contributed by atoms with Crippen LogP contribution in [0.3, 0.4) is 0 Å². The highest BCUT2D eigenvalue weighted by Gasteiger charge is 2.41. The number of aliphatic hydroxyl groups excluding tert-OH is 1. The summed E-state index contributed by atoms with van der Waals surface area (Å²) in [6.07, 6.45) is 2.02. The topological polar surface area (TPSA) is 88.8 Å². The second kappa shape index (κ2) is 9.90. The molecule has 0 radical (unpaired) electrons. The SMILES string of the molecule is Cc1cc(N2C[C@H]3CN(C[C@H]4CN(c5ccc(C#N)c6ncccc56)C[C@@H](C)O4)C[C@H]3C2)cc(CO)n1. The molecule has 3 aliphatic rings. The van der Waals surface area contributed by atoms with Gasteiger partial charge in [-0.1, -0.05) is 0 Å². The van der Waals surface area contributed by atoms with Gasteiger partial charge >= 0.3 is 0 Å². The van der Waals surface area contributed by atoms with Crippen LogP contribution in [0.4, 0.5) is 11.4 Å². The van der Waals surface area contributed by atoms with Crippen molar-refractivity contribution in [1.82, 2.24) is 14.9 Å². The lowest BCUT2D eigenvalue weighted by Crippen LogP contribution is -2.51. The first-order chi connectivity index (χ1) is 18.0. The van der Waals surface area contributed by atoms with E-state index in [1.165, 1.54) is 5.69 Å². The summed E-state index contributed by atoms with van der Waals surface area (Å²) < 4.78 is 6.42. The summed E-state index contributed by atoms with van der Waals surface area (Å²) in [6.45, 7) is 11.0. The lowest BCUT2D eigenvalue weighted by atomic mass is 10.0. The molecule has 8 heteroatoms. The first-order valence-electron chi connectivity index (χ1n) is 13.2. The summed E-state index contributed by atoms with van der Waals surface area (Å²) in [5.74, 6) is 1.30. The first kappa shape index (κ1) is 24.1. The predicted molar refractivity (Wildman–Crippen MR) is 144 cm³/mol. The fraction of sp³-hybridized carbons (Fsp3) is 0.483. The fourth-order valence-corrected chi connectivity index (χ4v) is 6.59. The Labute approximate surface area is 218 Å². The van der Waals surface area contributed by atoms with Gasteiger partial charge in [-0.15, -0.1) is 0 Å². The predicted octanol–water partition coefficient (Wildman–Crippen LogP) is 2.96. The maximum atomic E-state index is 9.55. The van der Waals surface area contributed by atoms with Gasteiger partial charge in [-0.2, -0.15) is 5.26 Å². The Balaban J connectivity index is 1.11. The smallest absolute Gasteiger partial charge is 0.101 e. The molecule has 1 aromatic carbocycles. The quantitative estimate of drug-likeness (QED) is 0.575. The largest absolute Gasteiger partial charge is 0.390 e. The second-order valence-corrected chi connectivity index (χ2v) is 10.9. The van der Waals surface area contributed by atoms with Gasteiger partial charge in [0.05, 0.1) is 35.6 Å². The van der Waals surface area contributed by atoms with Crippen LogP contribution in [0.25, 0.3) is 10.9 Å². The molecule has 5 heterocycles. The molecular weight excluding hydrogens is 464 g/mol. The van der Waals surface area contributed by atoms with Crippen molar-refractivity contribution >= 4 is 22.3 Å². The van der Waals surface area contributed by atoms with Crippen LogP contribution in [0.15, 0.2) is 42.6 Å². The molecule has 6 rings (SSSR count). The van der Waals surface area contributed by atoms with Gasteiger partial charge in [-0.05, 0) is 62.1 Å². The summed E-state index contributed by atoms with van der Waals surface area (Å²) in [6, 6.07) is 14.4. The summed E-state index contributed by atoms with van der Waals surface area (Å²) in [4.78, 5) is 16.4. The molecule has 0 spiro atoms. The van der Waals surface area contributed by atoms with Gasteiger partial charge in [0, 0.05) is 74.5 Å². The summed E-state index contributed by atoms with van der Waals surface area (Å²) in [5, 5.41) is 20.1. The van der Waals surface area contributed by atoms with Crippen molar-refractivity contribution < 1.29 is 9.84 Å². The van der Waals surface area contributed by atoms with E-state index in [1.807, 2.05) is 25.1 Å². The van der Waals surface area contributed by atoms with Crippen LogP contribution < -0.4 is 9.80 Å². The Morgan fingerprint density at radius 1 is 1.05 bits per heavy atom. The van der Waals surface area contributed by atoms with Gasteiger partial charge in [-0.3, -0.25) is 14.9 Å². The fourth-order valence-electron chi connectivity index (χ4n) is 6.59. The molecule has 3 aromatic rings. The van der Waals surface area contributed by atoms with Crippen LogP contribution in [0.1, 0.15) is 23.9 Å². The maximum absolute atomic E-state index is 9.55. The Hall–Kier alpha value is -3.25. The number of fused-ring (bicyclic) bond motifs is 2. The average Bonchev–Trinajstić information content (AvgIpc) is 3.46. The van der Waals surface area contributed by atoms with Gasteiger partial charge in [0.15, 0.2) is 0 Å². The molecule has 0 aliphatic carbocycles. The second-order valence-electron chi connectivity index (χ2n) is 10.9. The number of aromatic nitrogens is 2. The molecule has 0 unspecified atom stereocenters. The third-order valence-corrected chi connectivity index (χ3v) is 8.08. The van der Waals surface area contributed by atoms with Crippen LogP contribution >= 0.6 is 0 Å². The van der Waals surface area contributed by atoms with Crippen LogP contribution in [-0.4, -0.2) is 78.0 Å². The number of aryl methyl sites for hydroxylation is 1. The third kappa shape index (κ3) is 4.75. The third-order valence-electron chi connectivity index (χ3n) is 8.08. The van der Waals surface area contributed by atoms with Crippen molar-refractivity contribution in [3.63, 3.8) is 0 Å². The number of morpholine rings is 1. The molecular formula is C29H34N6O2. The van der Waals surface area contributed by atoms with E-state index in [0.717, 1.165) is 73.8 Å². The maximum Gasteiger partial charge on any atom is 0.101 e. The summed E-state index contributed by atoms with van der Waals surface area (Å²) in [5.41, 5.74) is 5.40. The minimum Gasteiger partial charge on any atom is -0.390 e. The number of anilines is 2. The molecule has 1 N–H and O–H groups in total. The zero-order valence-corrected chi connectivity index (χ0v) is 21.5. The highest BCUT2D eigenvalue weighted by atomic mass is 16.5. The minimum atomic E-state index is -0.0191. The molecule has 8 nitrogen and oxygen atoms in total. The summed E-state index contributed by atoms with van der Waals surface area (Å²) in [7, 11) is 0. The average molecular weight is 499 g/mol. The number of aliphatic hydroxyl groups is 1. The molecule has 4 atom stereocenters. The van der Waals surface area contributed by atoms with E-state index in [0.29, 0.717) is 17.4 Å². The number of nitrogens with zero attached hydrogens (tertiary/aromatic N) is 6. The van der Waals surface area contributed by atoms with Crippen molar-refractivity contribution in [2.24, 2.45) is 11.8 Å². The number of hydrogen-bond acceptors (Lipinski definition) is 8. The molecule has 0 saturated carbocycles. The van der Waals surface area contributed by atoms with E-state index >= 15 is 0 Å². The monoisotopic (exact) mass is 498 g/mol. The molecule has 3 fully saturated rings. The van der Waals surface area contributed by atoms with Crippen LogP contribution in [0, 0.1) is 30.1 Å². The Kier molecular flexibility index (Phi) is 6.45. The molecule has 37 heavy (non-hydrogen) atoms. The molecule has 192 valence electrons. The zero-order chi connectivity index (χ0) is 25.5. The van der Waals surface area contributed by atoms with Crippen molar-refractivity contribution in [3.05, 3.63) is 59.5 Å². The highest BCUT2D eigenvalue weighted by molar-refractivity contribution is 5.95. The van der Waals surface area contributed by atoms with Crippen molar-refractivity contribution in [2.75, 3.05) is 55.6 Å². The van der Waals surface area contributed by atoms with E-state index in [1.54, 1.807) is 6.20 Å². The van der Waals surface area contributed by atoms with E-state index < -0.39 is 0 Å². The van der Waals surface area contributed by atoms with Gasteiger partial charge in [0.2, 0.25) is 0 Å². The standard InChI is InChI=1S/C29H34N6O2/c1-19-8-25(9-24(18-36)32-19)34-14-22-12-33(13-23(22)15-34)16-26-17-35(11-20(2)37-26)28-6-5-21(10-30)29-27(28)4-3-7-31-29/h3-9,20,22-23,26,36H,11-18H2,1-2H3/t20-,22-,23+,26+/m1/s1. The van der Waals surface area contributed by atoms with E-state index in [-0.39, 0.29) is 18.8 Å². The number of nitriles is 1. The lowest BCUT2D eigenvalue weighted by molar-refractivity contribution is -0.0301. The van der Waals surface area contributed by atoms with Gasteiger partial charge < -0.3 is 19.6 Å². The molecule has 3 aliphatic heterocycles. The Morgan fingerprint density at radius 2 is 1.86 bits per heavy atom. The molecule has 0 amide bonds. The van der Waals surface area contributed by atoms with Crippen LogP contribution in [-0.2, 0) is 11.3 Å².